The van der Waals surface area contributed by atoms with Crippen LogP contribution in [0.1, 0.15) is 32.7 Å². The first kappa shape index (κ1) is 18.4. The van der Waals surface area contributed by atoms with Crippen LogP contribution in [0.2, 0.25) is 0 Å². The number of aliphatic hydroxyl groups excluding tert-OH is 2. The molecule has 1 aromatic heterocycles. The maximum absolute atomic E-state index is 12.2. The lowest BCUT2D eigenvalue weighted by Gasteiger charge is -2.28. The molecule has 0 unspecified atom stereocenters. The third-order valence-electron chi connectivity index (χ3n) is 5.01. The summed E-state index contributed by atoms with van der Waals surface area (Å²) in [6.45, 7) is 3.50. The van der Waals surface area contributed by atoms with Crippen molar-refractivity contribution >= 4 is 5.97 Å². The highest BCUT2D eigenvalue weighted by molar-refractivity contribution is 5.71. The Labute approximate surface area is 149 Å². The highest BCUT2D eigenvalue weighted by atomic mass is 16.5. The molecule has 0 amide bonds. The van der Waals surface area contributed by atoms with Crippen molar-refractivity contribution in [2.45, 2.75) is 51.0 Å². The molecular formula is C17H23N3O6. The molecule has 0 saturated heterocycles. The second-order valence-electron chi connectivity index (χ2n) is 7.06. The minimum absolute atomic E-state index is 0.00544. The molecule has 9 nitrogen and oxygen atoms in total. The predicted octanol–water partition coefficient (Wildman–Crippen LogP) is -0.353. The predicted molar refractivity (Wildman–Crippen MR) is 89.0 cm³/mol. The largest absolute Gasteiger partial charge is 0.462 e. The van der Waals surface area contributed by atoms with Gasteiger partial charge in [0.05, 0.1) is 18.1 Å². The number of carbonyl (C=O) groups excluding carboxylic acids is 1. The molecule has 9 heteroatoms. The second kappa shape index (κ2) is 7.08. The fraction of sp³-hybridized carbons (Fsp3) is 0.588. The number of aliphatic hydroxyl groups is 2. The molecule has 0 aromatic carbocycles. The lowest BCUT2D eigenvalue weighted by Crippen LogP contribution is -2.37. The molecule has 1 aromatic rings. The number of nitrogens with zero attached hydrogens (tertiary/aromatic N) is 2. The number of nitrogens with one attached hydrogen (secondary N) is 1. The minimum Gasteiger partial charge on any atom is -0.462 e. The first-order valence-electron chi connectivity index (χ1n) is 8.59. The monoisotopic (exact) mass is 365 g/mol. The zero-order chi connectivity index (χ0) is 19.0. The first-order valence-corrected chi connectivity index (χ1v) is 8.59. The van der Waals surface area contributed by atoms with Crippen LogP contribution in [0.15, 0.2) is 33.9 Å². The summed E-state index contributed by atoms with van der Waals surface area (Å²) in [5, 5.41) is 32.6. The van der Waals surface area contributed by atoms with Crippen LogP contribution in [-0.4, -0.2) is 49.3 Å². The van der Waals surface area contributed by atoms with Crippen LogP contribution in [0.3, 0.4) is 0 Å². The fourth-order valence-electron chi connectivity index (χ4n) is 3.67. The van der Waals surface area contributed by atoms with E-state index < -0.39 is 29.9 Å². The summed E-state index contributed by atoms with van der Waals surface area (Å²) in [6.07, 6.45) is 1.48. The molecule has 0 radical (unpaired) electrons. The second-order valence-corrected chi connectivity index (χ2v) is 7.06. The maximum Gasteiger partial charge on any atom is 0.327 e. The van der Waals surface area contributed by atoms with Gasteiger partial charge in [0.25, 0.3) is 0 Å². The molecule has 0 spiro atoms. The first-order chi connectivity index (χ1) is 12.3. The molecule has 5 atom stereocenters. The van der Waals surface area contributed by atoms with Gasteiger partial charge in [-0.2, -0.15) is 0 Å². The van der Waals surface area contributed by atoms with Crippen molar-refractivity contribution in [2.75, 3.05) is 0 Å². The Hall–Kier alpha value is -2.39. The van der Waals surface area contributed by atoms with Gasteiger partial charge in [-0.3, -0.25) is 14.3 Å². The van der Waals surface area contributed by atoms with Crippen molar-refractivity contribution in [3.05, 3.63) is 39.9 Å². The highest BCUT2D eigenvalue weighted by Crippen LogP contribution is 2.45. The summed E-state index contributed by atoms with van der Waals surface area (Å²) in [6, 6.07) is 0.665. The molecule has 4 N–H and O–H groups in total. The third-order valence-corrected chi connectivity index (χ3v) is 5.01. The number of rotatable bonds is 3. The Balaban J connectivity index is 1.89. The quantitative estimate of drug-likeness (QED) is 0.250. The van der Waals surface area contributed by atoms with Crippen molar-refractivity contribution in [3.63, 3.8) is 0 Å². The number of hydrogen-bond donors (Lipinski definition) is 4. The van der Waals surface area contributed by atoms with Gasteiger partial charge in [-0.15, -0.1) is 0 Å². The number of hydrogen-bond acceptors (Lipinski definition) is 7. The van der Waals surface area contributed by atoms with Crippen LogP contribution in [0.4, 0.5) is 0 Å². The molecule has 26 heavy (non-hydrogen) atoms. The highest BCUT2D eigenvalue weighted by Gasteiger charge is 2.49. The Morgan fingerprint density at radius 3 is 2.73 bits per heavy atom. The molecule has 3 rings (SSSR count). The van der Waals surface area contributed by atoms with Crippen LogP contribution in [0.5, 0.6) is 0 Å². The van der Waals surface area contributed by atoms with E-state index in [-0.39, 0.29) is 23.5 Å². The Bertz CT molecular complexity index is 839. The van der Waals surface area contributed by atoms with Gasteiger partial charge < -0.3 is 20.2 Å². The Kier molecular flexibility index (Phi) is 5.01. The fourth-order valence-corrected chi connectivity index (χ4v) is 3.67. The lowest BCUT2D eigenvalue weighted by atomic mass is 9.86. The molecule has 0 aliphatic heterocycles. The number of ether oxygens (including phenoxy) is 1. The molecule has 142 valence electrons. The average Bonchev–Trinajstić information content (AvgIpc) is 2.86. The zero-order valence-corrected chi connectivity index (χ0v) is 14.6. The van der Waals surface area contributed by atoms with E-state index in [9.17, 15) is 19.8 Å². The van der Waals surface area contributed by atoms with E-state index in [1.165, 1.54) is 16.8 Å². The maximum atomic E-state index is 12.2. The van der Waals surface area contributed by atoms with Gasteiger partial charge in [0.2, 0.25) is 0 Å². The third kappa shape index (κ3) is 3.19. The molecule has 2 aliphatic rings. The summed E-state index contributed by atoms with van der Waals surface area (Å²) < 4.78 is 6.72. The van der Waals surface area contributed by atoms with Crippen molar-refractivity contribution in [1.29, 1.82) is 0 Å². The number of aromatic nitrogens is 2. The van der Waals surface area contributed by atoms with Crippen LogP contribution in [0.25, 0.3) is 0 Å². The van der Waals surface area contributed by atoms with Crippen molar-refractivity contribution in [2.24, 2.45) is 17.0 Å². The van der Waals surface area contributed by atoms with Gasteiger partial charge in [0, 0.05) is 24.6 Å². The lowest BCUT2D eigenvalue weighted by molar-refractivity contribution is -0.154. The average molecular weight is 365 g/mol. The van der Waals surface area contributed by atoms with E-state index in [1.54, 1.807) is 13.8 Å². The standard InChI is InChI=1S/C17H23N3O6/c1-8(2)16(23)26-9-3-4-10-11(7-9)14(21)15(22)13(10)20-6-5-12(19-25)18-17(20)24/h4-6,8-9,11,13-15,21-22,25H,3,7H2,1-2H3,(H,18,19,24)/t9-,11-,13+,14+,15-/m0/s1. The van der Waals surface area contributed by atoms with Gasteiger partial charge in [-0.25, -0.2) is 4.79 Å². The number of carbonyl (C=O) groups is 1. The SMILES string of the molecule is CC(C)C(=O)O[C@H]1CC=C2[C@@H](n3cc/c(=N/O)[nH]c3=O)[C@H](O)[C@H](O)[C@H]2C1. The number of esters is 1. The van der Waals surface area contributed by atoms with Crippen LogP contribution < -0.4 is 11.2 Å². The van der Waals surface area contributed by atoms with Crippen molar-refractivity contribution in [3.8, 4) is 0 Å². The van der Waals surface area contributed by atoms with Crippen molar-refractivity contribution in [1.82, 2.24) is 9.55 Å². The van der Waals surface area contributed by atoms with E-state index in [2.05, 4.69) is 10.1 Å². The molecule has 1 saturated carbocycles. The smallest absolute Gasteiger partial charge is 0.327 e. The summed E-state index contributed by atoms with van der Waals surface area (Å²) in [5.41, 5.74) is 0.173. The molecular weight excluding hydrogens is 342 g/mol. The summed E-state index contributed by atoms with van der Waals surface area (Å²) >= 11 is 0. The molecule has 0 bridgehead atoms. The summed E-state index contributed by atoms with van der Waals surface area (Å²) in [5.74, 6) is -0.940. The van der Waals surface area contributed by atoms with Crippen molar-refractivity contribution < 1.29 is 25.0 Å². The summed E-state index contributed by atoms with van der Waals surface area (Å²) in [4.78, 5) is 26.4. The van der Waals surface area contributed by atoms with E-state index in [0.29, 0.717) is 12.8 Å². The number of aromatic amines is 1. The van der Waals surface area contributed by atoms with Gasteiger partial charge >= 0.3 is 11.7 Å². The van der Waals surface area contributed by atoms with Gasteiger partial charge in [-0.1, -0.05) is 25.1 Å². The van der Waals surface area contributed by atoms with E-state index in [0.717, 1.165) is 5.57 Å². The number of H-pyrrole nitrogens is 1. The van der Waals surface area contributed by atoms with Crippen LogP contribution >= 0.6 is 0 Å². The van der Waals surface area contributed by atoms with Gasteiger partial charge in [-0.05, 0) is 12.0 Å². The number of fused-ring (bicyclic) bond motifs is 1. The van der Waals surface area contributed by atoms with Gasteiger partial charge in [0.15, 0.2) is 5.49 Å². The molecule has 2 aliphatic carbocycles. The molecule has 1 fully saturated rings. The zero-order valence-electron chi connectivity index (χ0n) is 14.6. The van der Waals surface area contributed by atoms with E-state index in [4.69, 9.17) is 9.94 Å². The Morgan fingerprint density at radius 2 is 2.12 bits per heavy atom. The molecule has 1 heterocycles. The van der Waals surface area contributed by atoms with Crippen LogP contribution in [-0.2, 0) is 9.53 Å². The van der Waals surface area contributed by atoms with Crippen LogP contribution in [0, 0.1) is 11.8 Å². The van der Waals surface area contributed by atoms with E-state index >= 15 is 0 Å². The Morgan fingerprint density at radius 1 is 1.38 bits per heavy atom. The minimum atomic E-state index is -1.17. The van der Waals surface area contributed by atoms with Gasteiger partial charge in [0.1, 0.15) is 12.2 Å². The summed E-state index contributed by atoms with van der Waals surface area (Å²) in [7, 11) is 0. The normalized spacial score (nSPS) is 31.7. The topological polar surface area (TPSA) is 137 Å². The van der Waals surface area contributed by atoms with E-state index in [1.807, 2.05) is 6.08 Å².